The van der Waals surface area contributed by atoms with Crippen LogP contribution in [0.15, 0.2) is 48.5 Å². The number of piperazine rings is 1. The van der Waals surface area contributed by atoms with Crippen molar-refractivity contribution in [3.05, 3.63) is 70.4 Å². The number of hydrogen-bond acceptors (Lipinski definition) is 3. The highest BCUT2D eigenvalue weighted by molar-refractivity contribution is 6.30. The smallest absolute Gasteiger partial charge is 0.254 e. The zero-order valence-electron chi connectivity index (χ0n) is 19.8. The summed E-state index contributed by atoms with van der Waals surface area (Å²) >= 11 is 6.16. The van der Waals surface area contributed by atoms with Crippen molar-refractivity contribution in [2.75, 3.05) is 26.2 Å². The van der Waals surface area contributed by atoms with E-state index in [0.717, 1.165) is 27.7 Å². The summed E-state index contributed by atoms with van der Waals surface area (Å²) in [4.78, 5) is 34.4. The average molecular weight is 480 g/mol. The Morgan fingerprint density at radius 3 is 2.62 bits per heavy atom. The van der Waals surface area contributed by atoms with Crippen molar-refractivity contribution >= 4 is 34.3 Å². The molecule has 0 aliphatic carbocycles. The van der Waals surface area contributed by atoms with Crippen molar-refractivity contribution in [2.45, 2.75) is 44.8 Å². The topological polar surface area (TPSA) is 65.6 Å². The number of aromatic nitrogens is 1. The fraction of sp³-hybridized carbons (Fsp3) is 0.407. The minimum absolute atomic E-state index is 0.0323. The summed E-state index contributed by atoms with van der Waals surface area (Å²) in [6, 6.07) is 15.9. The number of fused-ring (bicyclic) bond motifs is 5. The second-order valence-corrected chi connectivity index (χ2v) is 10.1. The second kappa shape index (κ2) is 8.75. The summed E-state index contributed by atoms with van der Waals surface area (Å²) in [6.07, 6.45) is 0.837. The SMILES string of the molecule is CC(C)OCCCN1CC(=O)N2CC(c3ccc(Cl)cc3)c3c([nH]c4ccccc34)C2(C)C1=O. The number of H-pyrrole nitrogens is 1. The van der Waals surface area contributed by atoms with Crippen molar-refractivity contribution in [1.82, 2.24) is 14.8 Å². The zero-order valence-corrected chi connectivity index (χ0v) is 20.6. The van der Waals surface area contributed by atoms with Gasteiger partial charge in [-0.2, -0.15) is 0 Å². The number of amides is 2. The standard InChI is InChI=1S/C27H30ClN3O3/c1-17(2)34-14-6-13-30-16-23(32)31-15-21(18-9-11-19(28)12-10-18)24-20-7-4-5-8-22(20)29-25(24)27(31,3)26(30)33/h4-5,7-12,17,21,29H,6,13-16H2,1-3H3. The van der Waals surface area contributed by atoms with Crippen molar-refractivity contribution in [1.29, 1.82) is 0 Å². The lowest BCUT2D eigenvalue weighted by atomic mass is 9.76. The van der Waals surface area contributed by atoms with Crippen LogP contribution in [0.1, 0.15) is 49.9 Å². The number of aromatic amines is 1. The van der Waals surface area contributed by atoms with Gasteiger partial charge in [0, 0.05) is 41.5 Å². The van der Waals surface area contributed by atoms with Gasteiger partial charge in [-0.15, -0.1) is 0 Å². The first-order valence-corrected chi connectivity index (χ1v) is 12.3. The number of nitrogens with one attached hydrogen (secondary N) is 1. The van der Waals surface area contributed by atoms with Gasteiger partial charge < -0.3 is 19.5 Å². The lowest BCUT2D eigenvalue weighted by Crippen LogP contribution is -2.67. The molecule has 1 saturated heterocycles. The van der Waals surface area contributed by atoms with Gasteiger partial charge in [0.2, 0.25) is 5.91 Å². The van der Waals surface area contributed by atoms with E-state index in [-0.39, 0.29) is 30.4 Å². The lowest BCUT2D eigenvalue weighted by Gasteiger charge is -2.51. The third-order valence-corrected chi connectivity index (χ3v) is 7.37. The van der Waals surface area contributed by atoms with E-state index in [1.807, 2.05) is 63.2 Å². The molecule has 2 unspecified atom stereocenters. The number of para-hydroxylation sites is 1. The molecule has 3 aromatic rings. The van der Waals surface area contributed by atoms with E-state index in [0.29, 0.717) is 31.1 Å². The Labute approximate surface area is 204 Å². The third-order valence-electron chi connectivity index (χ3n) is 7.11. The average Bonchev–Trinajstić information content (AvgIpc) is 3.21. The molecule has 1 fully saturated rings. The Bertz CT molecular complexity index is 1240. The van der Waals surface area contributed by atoms with Crippen LogP contribution >= 0.6 is 11.6 Å². The molecule has 2 aliphatic heterocycles. The summed E-state index contributed by atoms with van der Waals surface area (Å²) in [6.45, 7) is 7.47. The maximum absolute atomic E-state index is 13.9. The molecule has 178 valence electrons. The molecule has 2 aliphatic rings. The Kier molecular flexibility index (Phi) is 5.90. The predicted molar refractivity (Wildman–Crippen MR) is 133 cm³/mol. The summed E-state index contributed by atoms with van der Waals surface area (Å²) in [5.74, 6) is -0.131. The number of carbonyl (C=O) groups is 2. The molecule has 7 heteroatoms. The molecule has 1 N–H and O–H groups in total. The molecule has 6 nitrogen and oxygen atoms in total. The first-order valence-electron chi connectivity index (χ1n) is 11.9. The molecule has 0 bridgehead atoms. The molecular formula is C27H30ClN3O3. The fourth-order valence-electron chi connectivity index (χ4n) is 5.43. The van der Waals surface area contributed by atoms with Crippen molar-refractivity contribution in [3.8, 4) is 0 Å². The van der Waals surface area contributed by atoms with Gasteiger partial charge in [-0.25, -0.2) is 0 Å². The minimum Gasteiger partial charge on any atom is -0.379 e. The molecule has 2 atom stereocenters. The van der Waals surface area contributed by atoms with Crippen LogP contribution in [0.25, 0.3) is 10.9 Å². The van der Waals surface area contributed by atoms with Crippen LogP contribution < -0.4 is 0 Å². The third kappa shape index (κ3) is 3.69. The predicted octanol–water partition coefficient (Wildman–Crippen LogP) is 4.67. The highest BCUT2D eigenvalue weighted by Crippen LogP contribution is 2.48. The monoisotopic (exact) mass is 479 g/mol. The maximum Gasteiger partial charge on any atom is 0.254 e. The summed E-state index contributed by atoms with van der Waals surface area (Å²) in [5, 5.41) is 1.76. The van der Waals surface area contributed by atoms with Gasteiger partial charge in [0.05, 0.1) is 18.3 Å². The van der Waals surface area contributed by atoms with Crippen molar-refractivity contribution in [2.24, 2.45) is 0 Å². The Morgan fingerprint density at radius 2 is 1.88 bits per heavy atom. The first-order chi connectivity index (χ1) is 16.3. The molecule has 5 rings (SSSR count). The molecule has 0 saturated carbocycles. The highest BCUT2D eigenvalue weighted by Gasteiger charge is 2.56. The van der Waals surface area contributed by atoms with E-state index in [1.54, 1.807) is 9.80 Å². The Morgan fingerprint density at radius 1 is 1.15 bits per heavy atom. The van der Waals surface area contributed by atoms with Crippen LogP contribution in [0.2, 0.25) is 5.02 Å². The number of rotatable bonds is 6. The van der Waals surface area contributed by atoms with Crippen molar-refractivity contribution < 1.29 is 14.3 Å². The minimum atomic E-state index is -1.08. The van der Waals surface area contributed by atoms with E-state index in [2.05, 4.69) is 11.1 Å². The molecule has 2 aromatic carbocycles. The maximum atomic E-state index is 13.9. The molecule has 2 amide bonds. The number of nitrogens with zero attached hydrogens (tertiary/aromatic N) is 2. The van der Waals surface area contributed by atoms with Gasteiger partial charge >= 0.3 is 0 Å². The summed E-state index contributed by atoms with van der Waals surface area (Å²) in [7, 11) is 0. The van der Waals surface area contributed by atoms with Gasteiger partial charge in [-0.05, 0) is 56.5 Å². The Balaban J connectivity index is 1.58. The van der Waals surface area contributed by atoms with Crippen LogP contribution in [0, 0.1) is 0 Å². The van der Waals surface area contributed by atoms with Crippen LogP contribution in [0.4, 0.5) is 0 Å². The second-order valence-electron chi connectivity index (χ2n) is 9.64. The first kappa shape index (κ1) is 22.9. The van der Waals surface area contributed by atoms with E-state index in [9.17, 15) is 9.59 Å². The van der Waals surface area contributed by atoms with Gasteiger partial charge in [0.25, 0.3) is 5.91 Å². The zero-order chi connectivity index (χ0) is 24.0. The van der Waals surface area contributed by atoms with E-state index in [1.165, 1.54) is 0 Å². The van der Waals surface area contributed by atoms with Crippen LogP contribution in [-0.4, -0.2) is 58.9 Å². The lowest BCUT2D eigenvalue weighted by molar-refractivity contribution is -0.166. The number of carbonyl (C=O) groups excluding carboxylic acids is 2. The largest absolute Gasteiger partial charge is 0.379 e. The quantitative estimate of drug-likeness (QED) is 0.522. The summed E-state index contributed by atoms with van der Waals surface area (Å²) < 4.78 is 5.65. The number of benzene rings is 2. The van der Waals surface area contributed by atoms with Crippen LogP contribution in [0.5, 0.6) is 0 Å². The van der Waals surface area contributed by atoms with Gasteiger partial charge in [-0.3, -0.25) is 9.59 Å². The molecule has 1 aromatic heterocycles. The van der Waals surface area contributed by atoms with Gasteiger partial charge in [-0.1, -0.05) is 41.9 Å². The van der Waals surface area contributed by atoms with E-state index in [4.69, 9.17) is 16.3 Å². The molecule has 34 heavy (non-hydrogen) atoms. The normalized spacial score (nSPS) is 22.4. The Hall–Kier alpha value is -2.83. The van der Waals surface area contributed by atoms with Gasteiger partial charge in [0.15, 0.2) is 5.54 Å². The number of ether oxygens (including phenoxy) is 1. The highest BCUT2D eigenvalue weighted by atomic mass is 35.5. The van der Waals surface area contributed by atoms with E-state index >= 15 is 0 Å². The molecular weight excluding hydrogens is 450 g/mol. The van der Waals surface area contributed by atoms with Crippen LogP contribution in [0.3, 0.4) is 0 Å². The fourth-order valence-corrected chi connectivity index (χ4v) is 5.55. The van der Waals surface area contributed by atoms with E-state index < -0.39 is 5.54 Å². The van der Waals surface area contributed by atoms with Crippen molar-refractivity contribution in [3.63, 3.8) is 0 Å². The summed E-state index contributed by atoms with van der Waals surface area (Å²) in [5.41, 5.74) is 2.86. The molecule has 0 spiro atoms. The molecule has 0 radical (unpaired) electrons. The number of halogens is 1. The van der Waals surface area contributed by atoms with Gasteiger partial charge in [0.1, 0.15) is 0 Å². The number of hydrogen-bond donors (Lipinski definition) is 1. The van der Waals surface area contributed by atoms with Crippen LogP contribution in [-0.2, 0) is 19.9 Å². The molecule has 3 heterocycles.